The number of hydrogen-bond acceptors (Lipinski definition) is 4. The van der Waals surface area contributed by atoms with Gasteiger partial charge in [-0.05, 0) is 24.6 Å². The largest absolute Gasteiger partial charge is 0.497 e. The van der Waals surface area contributed by atoms with Gasteiger partial charge in [-0.15, -0.1) is 0 Å². The zero-order valence-electron chi connectivity index (χ0n) is 10.6. The van der Waals surface area contributed by atoms with Crippen LogP contribution in [0.3, 0.4) is 0 Å². The van der Waals surface area contributed by atoms with Gasteiger partial charge in [-0.25, -0.2) is 0 Å². The standard InChI is InChI=1S/C13H21NO3/c1-10(9-16-2)14-13(8-15)11-5-4-6-12(7-11)17-3/h4-7,10,13-15H,8-9H2,1-3H3. The highest BCUT2D eigenvalue weighted by Crippen LogP contribution is 2.19. The molecule has 1 aromatic carbocycles. The first-order chi connectivity index (χ1) is 8.21. The lowest BCUT2D eigenvalue weighted by Gasteiger charge is -2.22. The lowest BCUT2D eigenvalue weighted by atomic mass is 10.1. The predicted molar refractivity (Wildman–Crippen MR) is 67.3 cm³/mol. The molecule has 4 nitrogen and oxygen atoms in total. The molecular formula is C13H21NO3. The van der Waals surface area contributed by atoms with E-state index in [1.54, 1.807) is 14.2 Å². The molecule has 2 unspecified atom stereocenters. The highest BCUT2D eigenvalue weighted by molar-refractivity contribution is 5.30. The number of methoxy groups -OCH3 is 2. The van der Waals surface area contributed by atoms with E-state index in [-0.39, 0.29) is 18.7 Å². The summed E-state index contributed by atoms with van der Waals surface area (Å²) < 4.78 is 10.2. The Morgan fingerprint density at radius 2 is 2.12 bits per heavy atom. The summed E-state index contributed by atoms with van der Waals surface area (Å²) >= 11 is 0. The quantitative estimate of drug-likeness (QED) is 0.754. The number of ether oxygens (including phenoxy) is 2. The molecule has 0 aliphatic rings. The third kappa shape index (κ3) is 4.34. The molecule has 0 aliphatic carbocycles. The monoisotopic (exact) mass is 239 g/mol. The molecule has 0 aromatic heterocycles. The second-order valence-electron chi connectivity index (χ2n) is 4.03. The van der Waals surface area contributed by atoms with E-state index >= 15 is 0 Å². The van der Waals surface area contributed by atoms with Crippen molar-refractivity contribution < 1.29 is 14.6 Å². The van der Waals surface area contributed by atoms with Gasteiger partial charge in [0.15, 0.2) is 0 Å². The van der Waals surface area contributed by atoms with E-state index < -0.39 is 0 Å². The van der Waals surface area contributed by atoms with Gasteiger partial charge in [0.1, 0.15) is 5.75 Å². The molecule has 96 valence electrons. The van der Waals surface area contributed by atoms with Crippen molar-refractivity contribution in [1.29, 1.82) is 0 Å². The van der Waals surface area contributed by atoms with Gasteiger partial charge in [-0.3, -0.25) is 0 Å². The maximum atomic E-state index is 9.42. The van der Waals surface area contributed by atoms with Crippen molar-refractivity contribution in [2.45, 2.75) is 19.0 Å². The summed E-state index contributed by atoms with van der Waals surface area (Å²) in [5.41, 5.74) is 1.01. The lowest BCUT2D eigenvalue weighted by Crippen LogP contribution is -2.35. The molecular weight excluding hydrogens is 218 g/mol. The molecule has 0 aliphatic heterocycles. The van der Waals surface area contributed by atoms with Gasteiger partial charge >= 0.3 is 0 Å². The SMILES string of the molecule is COCC(C)NC(CO)c1cccc(OC)c1. The maximum absolute atomic E-state index is 9.42. The number of nitrogens with one attached hydrogen (secondary N) is 1. The Morgan fingerprint density at radius 3 is 2.71 bits per heavy atom. The van der Waals surface area contributed by atoms with Crippen molar-refractivity contribution in [1.82, 2.24) is 5.32 Å². The van der Waals surface area contributed by atoms with Crippen LogP contribution in [0.1, 0.15) is 18.5 Å². The van der Waals surface area contributed by atoms with Crippen molar-refractivity contribution in [3.8, 4) is 5.75 Å². The van der Waals surface area contributed by atoms with E-state index in [0.29, 0.717) is 6.61 Å². The fourth-order valence-corrected chi connectivity index (χ4v) is 1.75. The summed E-state index contributed by atoms with van der Waals surface area (Å²) in [4.78, 5) is 0. The molecule has 1 rings (SSSR count). The van der Waals surface area contributed by atoms with Crippen LogP contribution in [0.4, 0.5) is 0 Å². The van der Waals surface area contributed by atoms with Gasteiger partial charge in [0.25, 0.3) is 0 Å². The predicted octanol–water partition coefficient (Wildman–Crippen LogP) is 1.35. The minimum atomic E-state index is -0.102. The normalized spacial score (nSPS) is 14.4. The molecule has 0 amide bonds. The number of aliphatic hydroxyl groups is 1. The van der Waals surface area contributed by atoms with Gasteiger partial charge in [0, 0.05) is 13.2 Å². The highest BCUT2D eigenvalue weighted by atomic mass is 16.5. The van der Waals surface area contributed by atoms with E-state index in [4.69, 9.17) is 9.47 Å². The second kappa shape index (κ2) is 7.27. The van der Waals surface area contributed by atoms with Crippen LogP contribution < -0.4 is 10.1 Å². The fraction of sp³-hybridized carbons (Fsp3) is 0.538. The third-order valence-electron chi connectivity index (χ3n) is 2.58. The smallest absolute Gasteiger partial charge is 0.119 e. The van der Waals surface area contributed by atoms with Gasteiger partial charge in [0.05, 0.1) is 26.4 Å². The summed E-state index contributed by atoms with van der Waals surface area (Å²) in [5, 5.41) is 12.7. The molecule has 0 bridgehead atoms. The average Bonchev–Trinajstić information content (AvgIpc) is 2.36. The minimum Gasteiger partial charge on any atom is -0.497 e. The lowest BCUT2D eigenvalue weighted by molar-refractivity contribution is 0.154. The molecule has 2 N–H and O–H groups in total. The minimum absolute atomic E-state index is 0.0429. The zero-order chi connectivity index (χ0) is 12.7. The first-order valence-electron chi connectivity index (χ1n) is 5.71. The van der Waals surface area contributed by atoms with E-state index in [1.165, 1.54) is 0 Å². The summed E-state index contributed by atoms with van der Waals surface area (Å²) in [5.74, 6) is 0.794. The summed E-state index contributed by atoms with van der Waals surface area (Å²) in [6, 6.07) is 7.78. The van der Waals surface area contributed by atoms with Gasteiger partial charge in [0.2, 0.25) is 0 Å². The van der Waals surface area contributed by atoms with Crippen LogP contribution in [-0.2, 0) is 4.74 Å². The highest BCUT2D eigenvalue weighted by Gasteiger charge is 2.13. The number of benzene rings is 1. The van der Waals surface area contributed by atoms with Crippen LogP contribution in [0.15, 0.2) is 24.3 Å². The van der Waals surface area contributed by atoms with Crippen LogP contribution in [0.5, 0.6) is 5.75 Å². The Bertz CT molecular complexity index is 330. The zero-order valence-corrected chi connectivity index (χ0v) is 10.6. The van der Waals surface area contributed by atoms with Gasteiger partial charge in [-0.1, -0.05) is 12.1 Å². The molecule has 0 saturated carbocycles. The van der Waals surface area contributed by atoms with Crippen molar-refractivity contribution in [2.24, 2.45) is 0 Å². The molecule has 0 saturated heterocycles. The Labute approximate surface area is 103 Å². The summed E-state index contributed by atoms with van der Waals surface area (Å²) in [7, 11) is 3.30. The van der Waals surface area contributed by atoms with E-state index in [9.17, 15) is 5.11 Å². The van der Waals surface area contributed by atoms with Crippen LogP contribution in [0.2, 0.25) is 0 Å². The number of rotatable bonds is 7. The molecule has 17 heavy (non-hydrogen) atoms. The molecule has 1 aromatic rings. The van der Waals surface area contributed by atoms with Crippen LogP contribution in [-0.4, -0.2) is 38.6 Å². The summed E-state index contributed by atoms with van der Waals surface area (Å²) in [6.07, 6.45) is 0. The van der Waals surface area contributed by atoms with Crippen LogP contribution >= 0.6 is 0 Å². The Balaban J connectivity index is 2.71. The molecule has 0 spiro atoms. The maximum Gasteiger partial charge on any atom is 0.119 e. The molecule has 4 heteroatoms. The van der Waals surface area contributed by atoms with Crippen LogP contribution in [0, 0.1) is 0 Å². The molecule has 0 fully saturated rings. The van der Waals surface area contributed by atoms with Crippen molar-refractivity contribution in [3.05, 3.63) is 29.8 Å². The van der Waals surface area contributed by atoms with E-state index in [2.05, 4.69) is 5.32 Å². The first-order valence-corrected chi connectivity index (χ1v) is 5.71. The molecule has 0 heterocycles. The Hall–Kier alpha value is -1.10. The summed E-state index contributed by atoms with van der Waals surface area (Å²) in [6.45, 7) is 2.67. The average molecular weight is 239 g/mol. The van der Waals surface area contributed by atoms with Gasteiger partial charge < -0.3 is 19.9 Å². The number of hydrogen-bond donors (Lipinski definition) is 2. The Kier molecular flexibility index (Phi) is 5.97. The number of aliphatic hydroxyl groups excluding tert-OH is 1. The van der Waals surface area contributed by atoms with Crippen molar-refractivity contribution in [2.75, 3.05) is 27.4 Å². The second-order valence-corrected chi connectivity index (χ2v) is 4.03. The van der Waals surface area contributed by atoms with Crippen molar-refractivity contribution in [3.63, 3.8) is 0 Å². The van der Waals surface area contributed by atoms with E-state index in [0.717, 1.165) is 11.3 Å². The topological polar surface area (TPSA) is 50.7 Å². The molecule has 2 atom stereocenters. The van der Waals surface area contributed by atoms with E-state index in [1.807, 2.05) is 31.2 Å². The van der Waals surface area contributed by atoms with Crippen molar-refractivity contribution >= 4 is 0 Å². The van der Waals surface area contributed by atoms with Gasteiger partial charge in [-0.2, -0.15) is 0 Å². The fourth-order valence-electron chi connectivity index (χ4n) is 1.75. The first kappa shape index (κ1) is 14.0. The third-order valence-corrected chi connectivity index (χ3v) is 2.58. The molecule has 0 radical (unpaired) electrons. The van der Waals surface area contributed by atoms with Crippen LogP contribution in [0.25, 0.3) is 0 Å². The Morgan fingerprint density at radius 1 is 1.35 bits per heavy atom.